The Morgan fingerprint density at radius 2 is 2.00 bits per heavy atom. The van der Waals surface area contributed by atoms with Crippen molar-refractivity contribution in [3.05, 3.63) is 23.8 Å². The van der Waals surface area contributed by atoms with Crippen molar-refractivity contribution >= 4 is 21.8 Å². The van der Waals surface area contributed by atoms with Crippen molar-refractivity contribution in [2.45, 2.75) is 30.6 Å². The predicted molar refractivity (Wildman–Crippen MR) is 104 cm³/mol. The van der Waals surface area contributed by atoms with Gasteiger partial charge in [-0.1, -0.05) is 0 Å². The van der Waals surface area contributed by atoms with Gasteiger partial charge in [0, 0.05) is 45.6 Å². The van der Waals surface area contributed by atoms with E-state index in [2.05, 4.69) is 5.32 Å². The summed E-state index contributed by atoms with van der Waals surface area (Å²) in [4.78, 5) is 25.8. The number of benzene rings is 1. The Hall–Kier alpha value is -2.13. The molecule has 8 nitrogen and oxygen atoms in total. The average Bonchev–Trinajstić information content (AvgIpc) is 2.70. The third kappa shape index (κ3) is 3.73. The summed E-state index contributed by atoms with van der Waals surface area (Å²) in [6, 6.07) is 4.34. The maximum absolute atomic E-state index is 13.3. The van der Waals surface area contributed by atoms with Gasteiger partial charge in [-0.05, 0) is 37.5 Å². The average molecular weight is 410 g/mol. The van der Waals surface area contributed by atoms with Gasteiger partial charge >= 0.3 is 0 Å². The molecular weight excluding hydrogens is 382 g/mol. The zero-order valence-corrected chi connectivity index (χ0v) is 17.3. The Morgan fingerprint density at radius 3 is 2.64 bits per heavy atom. The molecule has 1 N–H and O–H groups in total. The number of nitrogens with zero attached hydrogens (tertiary/aromatic N) is 2. The van der Waals surface area contributed by atoms with Crippen LogP contribution in [0.1, 0.15) is 36.0 Å². The molecule has 2 aliphatic heterocycles. The van der Waals surface area contributed by atoms with Gasteiger partial charge < -0.3 is 15.0 Å². The van der Waals surface area contributed by atoms with Gasteiger partial charge in [0.05, 0.1) is 17.6 Å². The molecule has 0 bridgehead atoms. The molecule has 2 amide bonds. The molecule has 2 aliphatic rings. The van der Waals surface area contributed by atoms with Gasteiger partial charge in [-0.2, -0.15) is 4.31 Å². The van der Waals surface area contributed by atoms with Crippen molar-refractivity contribution in [3.63, 3.8) is 0 Å². The molecule has 2 heterocycles. The molecule has 1 atom stereocenters. The molecule has 1 aromatic rings. The number of likely N-dealkylation sites (tertiary alicyclic amines) is 1. The van der Waals surface area contributed by atoms with Crippen LogP contribution in [0.2, 0.25) is 0 Å². The highest BCUT2D eigenvalue weighted by Gasteiger charge is 2.43. The Labute approximate surface area is 165 Å². The molecule has 1 unspecified atom stereocenters. The highest BCUT2D eigenvalue weighted by atomic mass is 32.2. The zero-order chi connectivity index (χ0) is 20.5. The van der Waals surface area contributed by atoms with Gasteiger partial charge in [0.1, 0.15) is 5.75 Å². The van der Waals surface area contributed by atoms with Crippen LogP contribution in [0.15, 0.2) is 23.1 Å². The summed E-state index contributed by atoms with van der Waals surface area (Å²) in [5.74, 6) is 0.0215. The lowest BCUT2D eigenvalue weighted by Gasteiger charge is -2.46. The maximum Gasteiger partial charge on any atom is 0.254 e. The number of sulfonamides is 1. The zero-order valence-electron chi connectivity index (χ0n) is 16.5. The van der Waals surface area contributed by atoms with E-state index in [1.165, 1.54) is 36.7 Å². The van der Waals surface area contributed by atoms with E-state index in [9.17, 15) is 18.0 Å². The molecule has 0 saturated carbocycles. The third-order valence-electron chi connectivity index (χ3n) is 5.77. The lowest BCUT2D eigenvalue weighted by atomic mass is 9.74. The summed E-state index contributed by atoms with van der Waals surface area (Å²) in [5.41, 5.74) is -0.0230. The first kappa shape index (κ1) is 20.6. The minimum absolute atomic E-state index is 0.0733. The number of carbonyl (C=O) groups excluding carboxylic acids is 2. The topological polar surface area (TPSA) is 96.0 Å². The molecule has 28 heavy (non-hydrogen) atoms. The second-order valence-corrected chi connectivity index (χ2v) is 9.57. The minimum Gasteiger partial charge on any atom is -0.496 e. The second-order valence-electron chi connectivity index (χ2n) is 7.63. The fraction of sp³-hybridized carbons (Fsp3) is 0.579. The van der Waals surface area contributed by atoms with Gasteiger partial charge in [-0.25, -0.2) is 8.42 Å². The second kappa shape index (κ2) is 7.71. The number of piperidine rings is 2. The quantitative estimate of drug-likeness (QED) is 0.803. The van der Waals surface area contributed by atoms with Crippen LogP contribution < -0.4 is 10.1 Å². The highest BCUT2D eigenvalue weighted by Crippen LogP contribution is 2.40. The van der Waals surface area contributed by atoms with E-state index in [0.29, 0.717) is 38.2 Å². The van der Waals surface area contributed by atoms with Crippen molar-refractivity contribution in [2.75, 3.05) is 40.8 Å². The number of hydrogen-bond donors (Lipinski definition) is 1. The number of ether oxygens (including phenoxy) is 1. The van der Waals surface area contributed by atoms with Gasteiger partial charge in [0.15, 0.2) is 0 Å². The summed E-state index contributed by atoms with van der Waals surface area (Å²) in [6.07, 6.45) is 2.81. The summed E-state index contributed by atoms with van der Waals surface area (Å²) in [6.45, 7) is 1.39. The number of rotatable bonds is 4. The highest BCUT2D eigenvalue weighted by molar-refractivity contribution is 7.89. The lowest BCUT2D eigenvalue weighted by molar-refractivity contribution is -0.136. The monoisotopic (exact) mass is 409 g/mol. The van der Waals surface area contributed by atoms with Crippen molar-refractivity contribution in [2.24, 2.45) is 5.41 Å². The molecule has 0 aliphatic carbocycles. The number of nitrogens with one attached hydrogen (secondary N) is 1. The van der Waals surface area contributed by atoms with Gasteiger partial charge in [-0.15, -0.1) is 0 Å². The van der Waals surface area contributed by atoms with E-state index >= 15 is 0 Å². The maximum atomic E-state index is 13.3. The molecule has 0 radical (unpaired) electrons. The van der Waals surface area contributed by atoms with Crippen molar-refractivity contribution in [1.29, 1.82) is 0 Å². The number of hydrogen-bond acceptors (Lipinski definition) is 5. The molecule has 3 rings (SSSR count). The van der Waals surface area contributed by atoms with Crippen molar-refractivity contribution in [1.82, 2.24) is 14.5 Å². The fourth-order valence-electron chi connectivity index (χ4n) is 4.24. The van der Waals surface area contributed by atoms with Crippen LogP contribution in [-0.4, -0.2) is 70.3 Å². The molecule has 0 aromatic heterocycles. The normalized spacial score (nSPS) is 23.7. The van der Waals surface area contributed by atoms with Gasteiger partial charge in [0.25, 0.3) is 5.91 Å². The summed E-state index contributed by atoms with van der Waals surface area (Å²) < 4.78 is 33.3. The molecule has 1 spiro atoms. The Balaban J connectivity index is 1.90. The molecule has 2 fully saturated rings. The largest absolute Gasteiger partial charge is 0.496 e. The number of carbonyl (C=O) groups is 2. The molecule has 154 valence electrons. The van der Waals surface area contributed by atoms with E-state index in [-0.39, 0.29) is 21.8 Å². The van der Waals surface area contributed by atoms with Crippen LogP contribution in [0.25, 0.3) is 0 Å². The minimum atomic E-state index is -3.76. The molecular formula is C19H27N3O5S. The lowest BCUT2D eigenvalue weighted by Crippen LogP contribution is -2.54. The van der Waals surface area contributed by atoms with E-state index in [1.54, 1.807) is 11.9 Å². The van der Waals surface area contributed by atoms with Crippen molar-refractivity contribution in [3.8, 4) is 5.75 Å². The first-order valence-corrected chi connectivity index (χ1v) is 10.8. The summed E-state index contributed by atoms with van der Waals surface area (Å²) in [5, 5.41) is 2.50. The van der Waals surface area contributed by atoms with Crippen molar-refractivity contribution < 1.29 is 22.7 Å². The smallest absolute Gasteiger partial charge is 0.254 e. The molecule has 9 heteroatoms. The SMILES string of the molecule is CNC(=O)c1cc(S(=O)(=O)N2CCCC3(CCC(=O)N(C)C3)C2)ccc1OC. The van der Waals surface area contributed by atoms with Crippen LogP contribution in [-0.2, 0) is 14.8 Å². The van der Waals surface area contributed by atoms with E-state index in [0.717, 1.165) is 12.8 Å². The standard InChI is InChI=1S/C19H27N3O5S/c1-20-18(24)15-11-14(5-6-16(15)27-3)28(25,26)22-10-4-8-19(13-22)9-7-17(23)21(2)12-19/h5-6,11H,4,7-10,12-13H2,1-3H3,(H,20,24). The van der Waals surface area contributed by atoms with E-state index < -0.39 is 15.9 Å². The van der Waals surface area contributed by atoms with Crippen LogP contribution in [0.4, 0.5) is 0 Å². The first-order valence-electron chi connectivity index (χ1n) is 9.37. The molecule has 2 saturated heterocycles. The Morgan fingerprint density at radius 1 is 1.25 bits per heavy atom. The predicted octanol–water partition coefficient (Wildman–Crippen LogP) is 1.08. The number of methoxy groups -OCH3 is 1. The van der Waals surface area contributed by atoms with Gasteiger partial charge in [0.2, 0.25) is 15.9 Å². The summed E-state index contributed by atoms with van der Waals surface area (Å²) in [7, 11) is 0.930. The Bertz CT molecular complexity index is 886. The summed E-state index contributed by atoms with van der Waals surface area (Å²) >= 11 is 0. The van der Waals surface area contributed by atoms with E-state index in [1.807, 2.05) is 0 Å². The number of amides is 2. The first-order chi connectivity index (χ1) is 13.2. The van der Waals surface area contributed by atoms with Gasteiger partial charge in [-0.3, -0.25) is 9.59 Å². The van der Waals surface area contributed by atoms with E-state index in [4.69, 9.17) is 4.74 Å². The Kier molecular flexibility index (Phi) is 5.67. The van der Waals surface area contributed by atoms with Crippen LogP contribution >= 0.6 is 0 Å². The van der Waals surface area contributed by atoms with Crippen LogP contribution in [0, 0.1) is 5.41 Å². The fourth-order valence-corrected chi connectivity index (χ4v) is 5.86. The van der Waals surface area contributed by atoms with Crippen LogP contribution in [0.3, 0.4) is 0 Å². The molecule has 1 aromatic carbocycles. The third-order valence-corrected chi connectivity index (χ3v) is 7.62. The van der Waals surface area contributed by atoms with Crippen LogP contribution in [0.5, 0.6) is 5.75 Å².